The molecule has 3 rings (SSSR count). The number of nitrogens with one attached hydrogen (secondary N) is 2. The molecule has 0 bridgehead atoms. The first-order valence-electron chi connectivity index (χ1n) is 10.6. The molecule has 0 heterocycles. The van der Waals surface area contributed by atoms with Crippen molar-refractivity contribution in [1.29, 1.82) is 0 Å². The van der Waals surface area contributed by atoms with Gasteiger partial charge in [0.15, 0.2) is 11.5 Å². The lowest BCUT2D eigenvalue weighted by Crippen LogP contribution is -2.24. The molecule has 6 nitrogen and oxygen atoms in total. The van der Waals surface area contributed by atoms with Gasteiger partial charge in [-0.25, -0.2) is 10.2 Å². The Morgan fingerprint density at radius 2 is 1.75 bits per heavy atom. The third kappa shape index (κ3) is 6.35. The summed E-state index contributed by atoms with van der Waals surface area (Å²) in [6, 6.07) is 19.0. The van der Waals surface area contributed by atoms with Crippen LogP contribution < -0.4 is 20.2 Å². The number of hydrazone groups is 1. The van der Waals surface area contributed by atoms with E-state index in [1.54, 1.807) is 6.21 Å². The molecule has 166 valence electrons. The van der Waals surface area contributed by atoms with Crippen LogP contribution in [0, 0.1) is 20.8 Å². The van der Waals surface area contributed by atoms with Crippen molar-refractivity contribution < 1.29 is 14.3 Å². The van der Waals surface area contributed by atoms with E-state index < -0.39 is 6.03 Å². The molecule has 2 amide bonds. The lowest BCUT2D eigenvalue weighted by Gasteiger charge is -2.14. The minimum atomic E-state index is -0.408. The second-order valence-corrected chi connectivity index (χ2v) is 7.50. The van der Waals surface area contributed by atoms with Gasteiger partial charge in [0, 0.05) is 5.69 Å². The zero-order chi connectivity index (χ0) is 22.9. The molecule has 0 aliphatic heterocycles. The summed E-state index contributed by atoms with van der Waals surface area (Å²) in [5, 5.41) is 6.80. The number of anilines is 1. The van der Waals surface area contributed by atoms with E-state index in [9.17, 15) is 4.79 Å². The lowest BCUT2D eigenvalue weighted by molar-refractivity contribution is 0.252. The topological polar surface area (TPSA) is 72.0 Å². The zero-order valence-corrected chi connectivity index (χ0v) is 18.9. The molecule has 0 aliphatic rings. The number of carbonyl (C=O) groups is 1. The number of para-hydroxylation sites is 1. The van der Waals surface area contributed by atoms with Crippen LogP contribution in [0.3, 0.4) is 0 Å². The second-order valence-electron chi connectivity index (χ2n) is 7.50. The highest BCUT2D eigenvalue weighted by atomic mass is 16.5. The maximum Gasteiger partial charge on any atom is 0.339 e. The molecule has 3 aromatic carbocycles. The maximum atomic E-state index is 12.1. The quantitative estimate of drug-likeness (QED) is 0.353. The minimum Gasteiger partial charge on any atom is -0.490 e. The molecule has 0 aliphatic carbocycles. The predicted molar refractivity (Wildman–Crippen MR) is 129 cm³/mol. The second kappa shape index (κ2) is 11.0. The number of carbonyl (C=O) groups excluding carboxylic acids is 1. The van der Waals surface area contributed by atoms with Crippen LogP contribution in [0.5, 0.6) is 11.5 Å². The molecule has 0 atom stereocenters. The Hall–Kier alpha value is -3.80. The number of hydrogen-bond acceptors (Lipinski definition) is 4. The van der Waals surface area contributed by atoms with E-state index in [0.717, 1.165) is 22.4 Å². The summed E-state index contributed by atoms with van der Waals surface area (Å²) in [7, 11) is 0. The third-order valence-corrected chi connectivity index (χ3v) is 4.93. The van der Waals surface area contributed by atoms with E-state index in [1.165, 1.54) is 11.1 Å². The van der Waals surface area contributed by atoms with Gasteiger partial charge in [0.1, 0.15) is 6.61 Å². The highest BCUT2D eigenvalue weighted by Crippen LogP contribution is 2.29. The molecule has 2 N–H and O–H groups in total. The molecule has 0 aromatic heterocycles. The summed E-state index contributed by atoms with van der Waals surface area (Å²) < 4.78 is 11.8. The Kier molecular flexibility index (Phi) is 7.86. The maximum absolute atomic E-state index is 12.1. The van der Waals surface area contributed by atoms with Crippen LogP contribution in [-0.4, -0.2) is 18.9 Å². The van der Waals surface area contributed by atoms with Gasteiger partial charge in [0.05, 0.1) is 12.8 Å². The number of nitrogens with zero attached hydrogens (tertiary/aromatic N) is 1. The predicted octanol–water partition coefficient (Wildman–Crippen LogP) is 5.75. The zero-order valence-electron chi connectivity index (χ0n) is 18.9. The Morgan fingerprint density at radius 3 is 2.53 bits per heavy atom. The minimum absolute atomic E-state index is 0.408. The van der Waals surface area contributed by atoms with Crippen molar-refractivity contribution in [1.82, 2.24) is 5.43 Å². The summed E-state index contributed by atoms with van der Waals surface area (Å²) in [5.74, 6) is 1.29. The van der Waals surface area contributed by atoms with Crippen LogP contribution in [0.2, 0.25) is 0 Å². The summed E-state index contributed by atoms with van der Waals surface area (Å²) >= 11 is 0. The van der Waals surface area contributed by atoms with Crippen molar-refractivity contribution in [3.63, 3.8) is 0 Å². The first-order chi connectivity index (χ1) is 15.5. The monoisotopic (exact) mass is 431 g/mol. The third-order valence-electron chi connectivity index (χ3n) is 4.93. The molecule has 0 radical (unpaired) electrons. The van der Waals surface area contributed by atoms with Gasteiger partial charge in [-0.3, -0.25) is 0 Å². The Labute approximate surface area is 189 Å². The summed E-state index contributed by atoms with van der Waals surface area (Å²) in [4.78, 5) is 12.1. The molecule has 0 saturated carbocycles. The molecule has 3 aromatic rings. The fourth-order valence-electron chi connectivity index (χ4n) is 3.13. The smallest absolute Gasteiger partial charge is 0.339 e. The first kappa shape index (κ1) is 22.9. The van der Waals surface area contributed by atoms with Crippen molar-refractivity contribution in [2.75, 3.05) is 11.9 Å². The van der Waals surface area contributed by atoms with E-state index in [1.807, 2.05) is 56.3 Å². The van der Waals surface area contributed by atoms with Crippen molar-refractivity contribution in [3.05, 3.63) is 88.5 Å². The largest absolute Gasteiger partial charge is 0.490 e. The fraction of sp³-hybridized carbons (Fsp3) is 0.231. The van der Waals surface area contributed by atoms with Crippen LogP contribution in [0.4, 0.5) is 10.5 Å². The van der Waals surface area contributed by atoms with Gasteiger partial charge < -0.3 is 14.8 Å². The molecular weight excluding hydrogens is 402 g/mol. The molecule has 0 spiro atoms. The number of hydrogen-bond donors (Lipinski definition) is 2. The molecule has 0 unspecified atom stereocenters. The van der Waals surface area contributed by atoms with Crippen LogP contribution in [0.15, 0.2) is 65.8 Å². The summed E-state index contributed by atoms with van der Waals surface area (Å²) in [6.45, 7) is 8.96. The molecule has 0 fully saturated rings. The number of urea groups is 1. The SMILES string of the molecule is CCOc1cc(/C=N\NC(=O)Nc2ccccc2C)ccc1OCc1cc(C)ccc1C. The molecule has 0 saturated heterocycles. The van der Waals surface area contributed by atoms with Crippen LogP contribution >= 0.6 is 0 Å². The number of rotatable bonds is 8. The van der Waals surface area contributed by atoms with Crippen molar-refractivity contribution in [3.8, 4) is 11.5 Å². The van der Waals surface area contributed by atoms with Gasteiger partial charge in [-0.15, -0.1) is 0 Å². The van der Waals surface area contributed by atoms with Gasteiger partial charge in [0.2, 0.25) is 0 Å². The molecule has 6 heteroatoms. The van der Waals surface area contributed by atoms with Crippen molar-refractivity contribution in [2.24, 2.45) is 5.10 Å². The summed E-state index contributed by atoms with van der Waals surface area (Å²) in [5.41, 5.74) is 8.50. The van der Waals surface area contributed by atoms with Gasteiger partial charge in [-0.05, 0) is 74.2 Å². The van der Waals surface area contributed by atoms with E-state index in [0.29, 0.717) is 24.7 Å². The number of benzene rings is 3. The standard InChI is InChI=1S/C26H29N3O3/c1-5-31-25-15-21(16-27-29-26(30)28-23-9-7-6-8-20(23)4)12-13-24(25)32-17-22-14-18(2)10-11-19(22)3/h6-16H,5,17H2,1-4H3,(H2,28,29,30)/b27-16-. The number of ether oxygens (including phenoxy) is 2. The molecule has 32 heavy (non-hydrogen) atoms. The summed E-state index contributed by atoms with van der Waals surface area (Å²) in [6.07, 6.45) is 1.56. The average Bonchev–Trinajstić information content (AvgIpc) is 2.77. The lowest BCUT2D eigenvalue weighted by atomic mass is 10.1. The average molecular weight is 432 g/mol. The first-order valence-corrected chi connectivity index (χ1v) is 10.6. The van der Waals surface area contributed by atoms with Gasteiger partial charge in [-0.1, -0.05) is 42.0 Å². The van der Waals surface area contributed by atoms with E-state index in [-0.39, 0.29) is 0 Å². The molecular formula is C26H29N3O3. The van der Waals surface area contributed by atoms with E-state index >= 15 is 0 Å². The van der Waals surface area contributed by atoms with Crippen molar-refractivity contribution >= 4 is 17.9 Å². The van der Waals surface area contributed by atoms with Crippen molar-refractivity contribution in [2.45, 2.75) is 34.3 Å². The Bertz CT molecular complexity index is 1110. The van der Waals surface area contributed by atoms with E-state index in [2.05, 4.69) is 47.9 Å². The van der Waals surface area contributed by atoms with Gasteiger partial charge in [-0.2, -0.15) is 5.10 Å². The Balaban J connectivity index is 1.63. The van der Waals surface area contributed by atoms with Gasteiger partial charge in [0.25, 0.3) is 0 Å². The van der Waals surface area contributed by atoms with Gasteiger partial charge >= 0.3 is 6.03 Å². The van der Waals surface area contributed by atoms with Crippen LogP contribution in [-0.2, 0) is 6.61 Å². The highest BCUT2D eigenvalue weighted by Gasteiger charge is 2.08. The normalized spacial score (nSPS) is 10.8. The Morgan fingerprint density at radius 1 is 0.938 bits per heavy atom. The fourth-order valence-corrected chi connectivity index (χ4v) is 3.13. The number of amides is 2. The van der Waals surface area contributed by atoms with Crippen LogP contribution in [0.1, 0.15) is 34.7 Å². The highest BCUT2D eigenvalue weighted by molar-refractivity contribution is 5.91. The number of aryl methyl sites for hydroxylation is 3. The van der Waals surface area contributed by atoms with Crippen LogP contribution in [0.25, 0.3) is 0 Å². The van der Waals surface area contributed by atoms with E-state index in [4.69, 9.17) is 9.47 Å².